The molecule has 0 saturated carbocycles. The number of hydrogen-bond donors (Lipinski definition) is 0. The standard InChI is InChI=1S/C21H23ClN4O3/c1-13-17(21(27)25(2)15-11-14(22)7-8-16(15)28-3)18-19(23-12-24-20(18)29-13)26-9-5-4-6-10-26/h7-8,11-12H,4-6,9-10H2,1-3H3. The van der Waals surface area contributed by atoms with Crippen LogP contribution in [0, 0.1) is 6.92 Å². The van der Waals surface area contributed by atoms with E-state index < -0.39 is 0 Å². The Hall–Kier alpha value is -2.80. The maximum Gasteiger partial charge on any atom is 0.262 e. The van der Waals surface area contributed by atoms with Crippen LogP contribution >= 0.6 is 11.6 Å². The molecular formula is C21H23ClN4O3. The lowest BCUT2D eigenvalue weighted by Gasteiger charge is -2.28. The Kier molecular flexibility index (Phi) is 5.32. The lowest BCUT2D eigenvalue weighted by Crippen LogP contribution is -2.31. The fourth-order valence-corrected chi connectivity index (χ4v) is 4.00. The maximum absolute atomic E-state index is 13.5. The second kappa shape index (κ2) is 7.91. The predicted molar refractivity (Wildman–Crippen MR) is 113 cm³/mol. The van der Waals surface area contributed by atoms with Gasteiger partial charge in [0.05, 0.1) is 23.7 Å². The minimum absolute atomic E-state index is 0.227. The number of amides is 1. The third-order valence-electron chi connectivity index (χ3n) is 5.32. The molecule has 2 aromatic heterocycles. The van der Waals surface area contributed by atoms with E-state index in [4.69, 9.17) is 20.8 Å². The van der Waals surface area contributed by atoms with Gasteiger partial charge in [0.15, 0.2) is 0 Å². The number of halogens is 1. The molecule has 0 spiro atoms. The van der Waals surface area contributed by atoms with E-state index in [1.54, 1.807) is 39.3 Å². The van der Waals surface area contributed by atoms with Gasteiger partial charge in [0, 0.05) is 25.2 Å². The number of anilines is 2. The number of hydrogen-bond acceptors (Lipinski definition) is 6. The van der Waals surface area contributed by atoms with Gasteiger partial charge in [0.1, 0.15) is 23.7 Å². The van der Waals surface area contributed by atoms with E-state index in [9.17, 15) is 4.79 Å². The molecule has 0 atom stereocenters. The number of methoxy groups -OCH3 is 1. The minimum Gasteiger partial charge on any atom is -0.495 e. The first-order chi connectivity index (χ1) is 14.0. The summed E-state index contributed by atoms with van der Waals surface area (Å²) in [4.78, 5) is 26.0. The first-order valence-electron chi connectivity index (χ1n) is 9.62. The number of piperidine rings is 1. The summed E-state index contributed by atoms with van der Waals surface area (Å²) in [6.45, 7) is 3.59. The lowest BCUT2D eigenvalue weighted by molar-refractivity contribution is 0.0992. The fourth-order valence-electron chi connectivity index (χ4n) is 3.83. The number of aromatic nitrogens is 2. The predicted octanol–water partition coefficient (Wildman–Crippen LogP) is 4.46. The molecular weight excluding hydrogens is 392 g/mol. The molecule has 1 aliphatic rings. The Morgan fingerprint density at radius 2 is 2.00 bits per heavy atom. The van der Waals surface area contributed by atoms with Crippen LogP contribution in [0.3, 0.4) is 0 Å². The van der Waals surface area contributed by atoms with Crippen molar-refractivity contribution in [2.45, 2.75) is 26.2 Å². The normalized spacial score (nSPS) is 14.3. The molecule has 8 heteroatoms. The van der Waals surface area contributed by atoms with Crippen molar-refractivity contribution in [2.75, 3.05) is 37.0 Å². The van der Waals surface area contributed by atoms with Crippen LogP contribution in [0.5, 0.6) is 5.75 Å². The summed E-state index contributed by atoms with van der Waals surface area (Å²) in [5.41, 5.74) is 1.47. The number of furan rings is 1. The molecule has 29 heavy (non-hydrogen) atoms. The zero-order chi connectivity index (χ0) is 20.5. The van der Waals surface area contributed by atoms with Crippen LogP contribution in [-0.2, 0) is 0 Å². The molecule has 1 aliphatic heterocycles. The third kappa shape index (κ3) is 3.51. The number of benzene rings is 1. The first-order valence-corrected chi connectivity index (χ1v) is 9.99. The van der Waals surface area contributed by atoms with E-state index in [1.165, 1.54) is 17.6 Å². The zero-order valence-corrected chi connectivity index (χ0v) is 17.5. The molecule has 3 heterocycles. The highest BCUT2D eigenvalue weighted by Gasteiger charge is 2.29. The van der Waals surface area contributed by atoms with E-state index in [0.717, 1.165) is 31.7 Å². The Morgan fingerprint density at radius 3 is 2.72 bits per heavy atom. The van der Waals surface area contributed by atoms with Gasteiger partial charge in [-0.25, -0.2) is 9.97 Å². The van der Waals surface area contributed by atoms with Crippen LogP contribution in [0.25, 0.3) is 11.1 Å². The van der Waals surface area contributed by atoms with Crippen LogP contribution in [-0.4, -0.2) is 43.1 Å². The highest BCUT2D eigenvalue weighted by molar-refractivity contribution is 6.31. The van der Waals surface area contributed by atoms with Crippen molar-refractivity contribution in [3.63, 3.8) is 0 Å². The molecule has 152 valence electrons. The van der Waals surface area contributed by atoms with E-state index in [2.05, 4.69) is 14.9 Å². The molecule has 3 aromatic rings. The number of nitrogens with zero attached hydrogens (tertiary/aromatic N) is 4. The Labute approximate surface area is 174 Å². The van der Waals surface area contributed by atoms with Gasteiger partial charge in [0.25, 0.3) is 5.91 Å². The molecule has 0 bridgehead atoms. The topological polar surface area (TPSA) is 71.7 Å². The van der Waals surface area contributed by atoms with Gasteiger partial charge in [-0.3, -0.25) is 4.79 Å². The Balaban J connectivity index is 1.82. The monoisotopic (exact) mass is 414 g/mol. The van der Waals surface area contributed by atoms with Crippen LogP contribution in [0.4, 0.5) is 11.5 Å². The number of fused-ring (bicyclic) bond motifs is 1. The van der Waals surface area contributed by atoms with Gasteiger partial charge in [0.2, 0.25) is 5.71 Å². The Morgan fingerprint density at radius 1 is 1.24 bits per heavy atom. The average Bonchev–Trinajstić information content (AvgIpc) is 3.09. The number of carbonyl (C=O) groups excluding carboxylic acids is 1. The number of rotatable bonds is 4. The molecule has 0 unspecified atom stereocenters. The fraction of sp³-hybridized carbons (Fsp3) is 0.381. The molecule has 0 N–H and O–H groups in total. The quantitative estimate of drug-likeness (QED) is 0.627. The van der Waals surface area contributed by atoms with Crippen molar-refractivity contribution in [1.29, 1.82) is 0 Å². The summed E-state index contributed by atoms with van der Waals surface area (Å²) in [5.74, 6) is 1.59. The van der Waals surface area contributed by atoms with E-state index in [0.29, 0.717) is 38.9 Å². The molecule has 7 nitrogen and oxygen atoms in total. The van der Waals surface area contributed by atoms with Crippen LogP contribution in [0.2, 0.25) is 5.02 Å². The molecule has 0 radical (unpaired) electrons. The molecule has 1 amide bonds. The molecule has 1 aromatic carbocycles. The highest BCUT2D eigenvalue weighted by Crippen LogP contribution is 2.36. The molecule has 1 saturated heterocycles. The van der Waals surface area contributed by atoms with E-state index in [1.807, 2.05) is 0 Å². The number of carbonyl (C=O) groups is 1. The summed E-state index contributed by atoms with van der Waals surface area (Å²) >= 11 is 6.16. The number of aryl methyl sites for hydroxylation is 1. The van der Waals surface area contributed by atoms with Gasteiger partial charge < -0.3 is 19.0 Å². The zero-order valence-electron chi connectivity index (χ0n) is 16.7. The largest absolute Gasteiger partial charge is 0.495 e. The SMILES string of the molecule is COc1ccc(Cl)cc1N(C)C(=O)c1c(C)oc2ncnc(N3CCCCC3)c12. The summed E-state index contributed by atoms with van der Waals surface area (Å²) in [5, 5.41) is 1.18. The maximum atomic E-state index is 13.5. The Bertz CT molecular complexity index is 1060. The van der Waals surface area contributed by atoms with Gasteiger partial charge >= 0.3 is 0 Å². The molecule has 1 fully saturated rings. The van der Waals surface area contributed by atoms with Crippen LogP contribution < -0.4 is 14.5 Å². The molecule has 0 aliphatic carbocycles. The second-order valence-corrected chi connectivity index (χ2v) is 7.58. The van der Waals surface area contributed by atoms with Crippen LogP contribution in [0.1, 0.15) is 35.4 Å². The molecule has 4 rings (SSSR count). The highest BCUT2D eigenvalue weighted by atomic mass is 35.5. The second-order valence-electron chi connectivity index (χ2n) is 7.14. The van der Waals surface area contributed by atoms with Crippen molar-refractivity contribution >= 4 is 40.1 Å². The van der Waals surface area contributed by atoms with Crippen LogP contribution in [0.15, 0.2) is 28.9 Å². The van der Waals surface area contributed by atoms with Crippen molar-refractivity contribution in [3.05, 3.63) is 40.9 Å². The van der Waals surface area contributed by atoms with E-state index in [-0.39, 0.29) is 5.91 Å². The summed E-state index contributed by atoms with van der Waals surface area (Å²) in [6, 6.07) is 5.17. The van der Waals surface area contributed by atoms with Gasteiger partial charge in [-0.05, 0) is 44.4 Å². The minimum atomic E-state index is -0.227. The lowest BCUT2D eigenvalue weighted by atomic mass is 10.1. The van der Waals surface area contributed by atoms with Crippen molar-refractivity contribution in [1.82, 2.24) is 9.97 Å². The van der Waals surface area contributed by atoms with Gasteiger partial charge in [-0.2, -0.15) is 0 Å². The number of ether oxygens (including phenoxy) is 1. The summed E-state index contributed by atoms with van der Waals surface area (Å²) in [6.07, 6.45) is 4.90. The van der Waals surface area contributed by atoms with E-state index >= 15 is 0 Å². The summed E-state index contributed by atoms with van der Waals surface area (Å²) < 4.78 is 11.3. The third-order valence-corrected chi connectivity index (χ3v) is 5.56. The van der Waals surface area contributed by atoms with Gasteiger partial charge in [-0.1, -0.05) is 11.6 Å². The van der Waals surface area contributed by atoms with Crippen molar-refractivity contribution in [2.24, 2.45) is 0 Å². The average molecular weight is 415 g/mol. The van der Waals surface area contributed by atoms with Gasteiger partial charge in [-0.15, -0.1) is 0 Å². The smallest absolute Gasteiger partial charge is 0.262 e. The van der Waals surface area contributed by atoms with Crippen molar-refractivity contribution < 1.29 is 13.9 Å². The first kappa shape index (κ1) is 19.5. The van der Waals surface area contributed by atoms with Crippen molar-refractivity contribution in [3.8, 4) is 5.75 Å². The summed E-state index contributed by atoms with van der Waals surface area (Å²) in [7, 11) is 3.25.